The fourth-order valence-corrected chi connectivity index (χ4v) is 3.47. The molecule has 1 aliphatic heterocycles. The van der Waals surface area contributed by atoms with Gasteiger partial charge in [0.15, 0.2) is 0 Å². The molecule has 0 radical (unpaired) electrons. The van der Waals surface area contributed by atoms with Gasteiger partial charge in [-0.2, -0.15) is 0 Å². The molecule has 1 heterocycles. The summed E-state index contributed by atoms with van der Waals surface area (Å²) in [6.45, 7) is 2.32. The zero-order chi connectivity index (χ0) is 21.0. The molecule has 0 bridgehead atoms. The Morgan fingerprint density at radius 3 is 2.52 bits per heavy atom. The number of rotatable bonds is 8. The van der Waals surface area contributed by atoms with E-state index in [0.717, 1.165) is 16.9 Å². The van der Waals surface area contributed by atoms with E-state index < -0.39 is 11.6 Å². The average molecular weight is 399 g/mol. The molecule has 0 aromatic heterocycles. The molecule has 0 aliphatic carbocycles. The van der Waals surface area contributed by atoms with Crippen molar-refractivity contribution in [2.24, 2.45) is 0 Å². The molecule has 1 atom stereocenters. The highest BCUT2D eigenvalue weighted by Crippen LogP contribution is 2.24. The quantitative estimate of drug-likeness (QED) is 0.693. The Balaban J connectivity index is 1.60. The van der Waals surface area contributed by atoms with E-state index in [1.54, 1.807) is 27.1 Å². The van der Waals surface area contributed by atoms with Crippen LogP contribution in [0.4, 0.5) is 9.18 Å². The number of amides is 3. The topological polar surface area (TPSA) is 61.9 Å². The highest BCUT2D eigenvalue weighted by molar-refractivity contribution is 6.06. The van der Waals surface area contributed by atoms with Crippen molar-refractivity contribution in [3.8, 4) is 5.75 Å². The van der Waals surface area contributed by atoms with Crippen molar-refractivity contribution in [2.75, 3.05) is 20.8 Å². The van der Waals surface area contributed by atoms with Crippen LogP contribution in [0.25, 0.3) is 0 Å². The number of imide groups is 1. The molecule has 6 nitrogen and oxygen atoms in total. The summed E-state index contributed by atoms with van der Waals surface area (Å²) in [5.41, 5.74) is 0.897. The lowest BCUT2D eigenvalue weighted by Crippen LogP contribution is -2.45. The number of nitrogens with one attached hydrogen (secondary N) is 1. The minimum atomic E-state index is -0.948. The molecule has 2 aromatic carbocycles. The van der Waals surface area contributed by atoms with Crippen molar-refractivity contribution < 1.29 is 18.7 Å². The fourth-order valence-electron chi connectivity index (χ4n) is 3.47. The summed E-state index contributed by atoms with van der Waals surface area (Å²) in [5, 5.41) is 2.83. The zero-order valence-electron chi connectivity index (χ0n) is 16.9. The van der Waals surface area contributed by atoms with E-state index in [0.29, 0.717) is 19.4 Å². The van der Waals surface area contributed by atoms with E-state index in [1.807, 2.05) is 35.2 Å². The molecule has 1 aliphatic rings. The number of benzene rings is 2. The van der Waals surface area contributed by atoms with E-state index in [-0.39, 0.29) is 18.4 Å². The minimum absolute atomic E-state index is 0.138. The Morgan fingerprint density at radius 1 is 1.14 bits per heavy atom. The van der Waals surface area contributed by atoms with Gasteiger partial charge in [0.2, 0.25) is 0 Å². The van der Waals surface area contributed by atoms with Crippen LogP contribution >= 0.6 is 0 Å². The second-order valence-corrected chi connectivity index (χ2v) is 7.63. The number of aryl methyl sites for hydroxylation is 1. The largest absolute Gasteiger partial charge is 0.497 e. The van der Waals surface area contributed by atoms with Crippen molar-refractivity contribution in [3.05, 3.63) is 65.5 Å². The molecule has 1 N–H and O–H groups in total. The number of urea groups is 1. The Kier molecular flexibility index (Phi) is 6.17. The zero-order valence-corrected chi connectivity index (χ0v) is 16.9. The van der Waals surface area contributed by atoms with Gasteiger partial charge in [0.25, 0.3) is 5.91 Å². The smallest absolute Gasteiger partial charge is 0.326 e. The molecular weight excluding hydrogens is 373 g/mol. The van der Waals surface area contributed by atoms with Crippen molar-refractivity contribution >= 4 is 11.9 Å². The maximum Gasteiger partial charge on any atom is 0.326 e. The highest BCUT2D eigenvalue weighted by Gasteiger charge is 2.47. The predicted octanol–water partition coefficient (Wildman–Crippen LogP) is 3.17. The Hall–Kier alpha value is -2.93. The molecule has 3 amide bonds. The van der Waals surface area contributed by atoms with E-state index >= 15 is 0 Å². The second-order valence-electron chi connectivity index (χ2n) is 7.63. The van der Waals surface area contributed by atoms with Crippen LogP contribution in [0.1, 0.15) is 24.5 Å². The highest BCUT2D eigenvalue weighted by atomic mass is 19.1. The number of methoxy groups -OCH3 is 1. The molecule has 0 spiro atoms. The first-order chi connectivity index (χ1) is 13.8. The van der Waals surface area contributed by atoms with Gasteiger partial charge in [0.05, 0.1) is 13.8 Å². The third-order valence-electron chi connectivity index (χ3n) is 5.14. The fraction of sp³-hybridized carbons (Fsp3) is 0.364. The van der Waals surface area contributed by atoms with Crippen LogP contribution in [0.5, 0.6) is 5.75 Å². The lowest BCUT2D eigenvalue weighted by molar-refractivity contribution is -0.132. The second kappa shape index (κ2) is 8.61. The van der Waals surface area contributed by atoms with Gasteiger partial charge < -0.3 is 10.1 Å². The third kappa shape index (κ3) is 4.92. The Morgan fingerprint density at radius 2 is 1.86 bits per heavy atom. The molecular formula is C22H26FN3O3. The van der Waals surface area contributed by atoms with E-state index in [4.69, 9.17) is 4.74 Å². The monoisotopic (exact) mass is 399 g/mol. The van der Waals surface area contributed by atoms with Crippen LogP contribution in [0, 0.1) is 5.82 Å². The van der Waals surface area contributed by atoms with Crippen molar-refractivity contribution in [3.63, 3.8) is 0 Å². The standard InChI is InChI=1S/C22H26FN3O3/c1-22(12-11-16-7-9-19(29-3)10-8-16)20(27)26(21(28)24-22)15-25(2)14-17-5-4-6-18(23)13-17/h4-10,13H,11-12,14-15H2,1-3H3,(H,24,28)/t22-/m1/s1. The van der Waals surface area contributed by atoms with Crippen LogP contribution in [0.15, 0.2) is 48.5 Å². The number of halogens is 1. The lowest BCUT2D eigenvalue weighted by Gasteiger charge is -2.24. The van der Waals surface area contributed by atoms with Gasteiger partial charge in [-0.1, -0.05) is 24.3 Å². The number of hydrogen-bond acceptors (Lipinski definition) is 4. The first-order valence-electron chi connectivity index (χ1n) is 9.51. The normalized spacial score (nSPS) is 19.0. The van der Waals surface area contributed by atoms with Crippen molar-refractivity contribution in [2.45, 2.75) is 31.8 Å². The van der Waals surface area contributed by atoms with Crippen LogP contribution in [-0.2, 0) is 17.8 Å². The summed E-state index contributed by atoms with van der Waals surface area (Å²) < 4.78 is 18.5. The van der Waals surface area contributed by atoms with E-state index in [2.05, 4.69) is 5.32 Å². The minimum Gasteiger partial charge on any atom is -0.497 e. The van der Waals surface area contributed by atoms with Gasteiger partial charge in [-0.15, -0.1) is 0 Å². The number of carbonyl (C=O) groups excluding carboxylic acids is 2. The van der Waals surface area contributed by atoms with Crippen molar-refractivity contribution in [1.29, 1.82) is 0 Å². The molecule has 154 valence electrons. The number of nitrogens with zero attached hydrogens (tertiary/aromatic N) is 2. The molecule has 0 saturated carbocycles. The van der Waals surface area contributed by atoms with Crippen LogP contribution < -0.4 is 10.1 Å². The van der Waals surface area contributed by atoms with Gasteiger partial charge in [0.1, 0.15) is 17.1 Å². The first kappa shape index (κ1) is 20.8. The van der Waals surface area contributed by atoms with Gasteiger partial charge in [-0.25, -0.2) is 14.1 Å². The molecule has 2 aromatic rings. The summed E-state index contributed by atoms with van der Waals surface area (Å²) in [4.78, 5) is 28.4. The van der Waals surface area contributed by atoms with Crippen molar-refractivity contribution in [1.82, 2.24) is 15.1 Å². The summed E-state index contributed by atoms with van der Waals surface area (Å²) in [6, 6.07) is 13.5. The molecule has 1 saturated heterocycles. The first-order valence-corrected chi connectivity index (χ1v) is 9.51. The lowest BCUT2D eigenvalue weighted by atomic mass is 9.93. The summed E-state index contributed by atoms with van der Waals surface area (Å²) in [5.74, 6) is 0.219. The third-order valence-corrected chi connectivity index (χ3v) is 5.14. The molecule has 7 heteroatoms. The van der Waals surface area contributed by atoms with Crippen LogP contribution in [0.3, 0.4) is 0 Å². The van der Waals surface area contributed by atoms with Crippen LogP contribution in [-0.4, -0.2) is 48.1 Å². The van der Waals surface area contributed by atoms with Crippen LogP contribution in [0.2, 0.25) is 0 Å². The van der Waals surface area contributed by atoms with Gasteiger partial charge in [-0.05, 0) is 62.2 Å². The van der Waals surface area contributed by atoms with E-state index in [1.165, 1.54) is 17.0 Å². The maximum absolute atomic E-state index is 13.4. The molecule has 3 rings (SSSR count). The summed E-state index contributed by atoms with van der Waals surface area (Å²) in [7, 11) is 3.40. The summed E-state index contributed by atoms with van der Waals surface area (Å²) >= 11 is 0. The average Bonchev–Trinajstić information content (AvgIpc) is 2.90. The molecule has 1 fully saturated rings. The predicted molar refractivity (Wildman–Crippen MR) is 108 cm³/mol. The molecule has 0 unspecified atom stereocenters. The van der Waals surface area contributed by atoms with Gasteiger partial charge >= 0.3 is 6.03 Å². The van der Waals surface area contributed by atoms with Gasteiger partial charge in [0, 0.05) is 6.54 Å². The summed E-state index contributed by atoms with van der Waals surface area (Å²) in [6.07, 6.45) is 1.15. The number of hydrogen-bond donors (Lipinski definition) is 1. The maximum atomic E-state index is 13.4. The Labute approximate surface area is 170 Å². The van der Waals surface area contributed by atoms with Gasteiger partial charge in [-0.3, -0.25) is 9.69 Å². The Bertz CT molecular complexity index is 887. The number of carbonyl (C=O) groups is 2. The molecule has 29 heavy (non-hydrogen) atoms. The van der Waals surface area contributed by atoms with E-state index in [9.17, 15) is 14.0 Å². The number of ether oxygens (including phenoxy) is 1. The SMILES string of the molecule is COc1ccc(CC[C@@]2(C)NC(=O)N(CN(C)Cc3cccc(F)c3)C2=O)cc1.